The first-order chi connectivity index (χ1) is 12.0. The number of ether oxygens (including phenoxy) is 1. The number of amides is 1. The summed E-state index contributed by atoms with van der Waals surface area (Å²) in [6, 6.07) is 4.54. The van der Waals surface area contributed by atoms with Crippen molar-refractivity contribution in [2.75, 3.05) is 37.7 Å². The average molecular weight is 347 g/mol. The van der Waals surface area contributed by atoms with Gasteiger partial charge in [0.25, 0.3) is 11.6 Å². The average Bonchev–Trinajstić information content (AvgIpc) is 3.15. The molecule has 3 rings (SSSR count). The Morgan fingerprint density at radius 1 is 1.24 bits per heavy atom. The Morgan fingerprint density at radius 2 is 1.96 bits per heavy atom. The molecule has 1 amide bonds. The van der Waals surface area contributed by atoms with Crippen molar-refractivity contribution in [2.24, 2.45) is 0 Å². The van der Waals surface area contributed by atoms with E-state index in [1.807, 2.05) is 4.90 Å². The number of hydrogen-bond acceptors (Lipinski definition) is 6. The predicted octanol–water partition coefficient (Wildman–Crippen LogP) is 1.63. The molecule has 134 valence electrons. The van der Waals surface area contributed by atoms with E-state index in [0.29, 0.717) is 44.0 Å². The highest BCUT2D eigenvalue weighted by molar-refractivity contribution is 5.95. The van der Waals surface area contributed by atoms with Crippen LogP contribution in [0.25, 0.3) is 0 Å². The quantitative estimate of drug-likeness (QED) is 0.467. The Bertz CT molecular complexity index is 692. The maximum atomic E-state index is 12.4. The summed E-state index contributed by atoms with van der Waals surface area (Å²) in [6.07, 6.45) is 1.33. The van der Waals surface area contributed by atoms with E-state index in [4.69, 9.17) is 4.74 Å². The molecule has 2 saturated heterocycles. The van der Waals surface area contributed by atoms with E-state index < -0.39 is 4.92 Å². The van der Waals surface area contributed by atoms with Gasteiger partial charge < -0.3 is 14.5 Å². The molecule has 0 N–H and O–H groups in total. The smallest absolute Gasteiger partial charge is 0.293 e. The number of rotatable bonds is 4. The molecule has 8 nitrogen and oxygen atoms in total. The van der Waals surface area contributed by atoms with Crippen molar-refractivity contribution < 1.29 is 19.2 Å². The van der Waals surface area contributed by atoms with Crippen molar-refractivity contribution in [2.45, 2.75) is 25.9 Å². The molecule has 1 atom stereocenters. The van der Waals surface area contributed by atoms with Crippen LogP contribution in [0.3, 0.4) is 0 Å². The Kier molecular flexibility index (Phi) is 4.98. The lowest BCUT2D eigenvalue weighted by atomic mass is 10.1. The van der Waals surface area contributed by atoms with Gasteiger partial charge >= 0.3 is 0 Å². The van der Waals surface area contributed by atoms with Gasteiger partial charge in [0, 0.05) is 44.4 Å². The first-order valence-corrected chi connectivity index (χ1v) is 8.42. The molecule has 8 heteroatoms. The summed E-state index contributed by atoms with van der Waals surface area (Å²) in [5.41, 5.74) is 0.730. The first kappa shape index (κ1) is 17.3. The number of nitrogens with zero attached hydrogens (tertiary/aromatic N) is 3. The lowest BCUT2D eigenvalue weighted by Gasteiger charge is -2.36. The summed E-state index contributed by atoms with van der Waals surface area (Å²) in [6.45, 7) is 4.05. The summed E-state index contributed by atoms with van der Waals surface area (Å²) >= 11 is 0. The molecule has 0 unspecified atom stereocenters. The van der Waals surface area contributed by atoms with E-state index in [1.54, 1.807) is 17.0 Å². The molecule has 2 aliphatic rings. The highest BCUT2D eigenvalue weighted by Gasteiger charge is 2.31. The Hall–Kier alpha value is -2.48. The van der Waals surface area contributed by atoms with Crippen LogP contribution >= 0.6 is 0 Å². The number of ketones is 1. The van der Waals surface area contributed by atoms with E-state index in [1.165, 1.54) is 13.0 Å². The fourth-order valence-electron chi connectivity index (χ4n) is 3.30. The summed E-state index contributed by atoms with van der Waals surface area (Å²) < 4.78 is 5.44. The van der Waals surface area contributed by atoms with E-state index >= 15 is 0 Å². The minimum absolute atomic E-state index is 0.0126. The van der Waals surface area contributed by atoms with Crippen molar-refractivity contribution in [1.29, 1.82) is 0 Å². The van der Waals surface area contributed by atoms with Crippen LogP contribution in [0, 0.1) is 10.1 Å². The van der Waals surface area contributed by atoms with Crippen LogP contribution in [0.5, 0.6) is 0 Å². The SMILES string of the molecule is CC(=O)c1ccc(N2CCN(C(=O)[C@@H]3CCCO3)CC2)c([N+](=O)[O-])c1. The lowest BCUT2D eigenvalue weighted by Crippen LogP contribution is -2.51. The summed E-state index contributed by atoms with van der Waals surface area (Å²) in [5, 5.41) is 11.4. The van der Waals surface area contributed by atoms with Gasteiger partial charge in [0.05, 0.1) is 4.92 Å². The third-order valence-corrected chi connectivity index (χ3v) is 4.72. The highest BCUT2D eigenvalue weighted by atomic mass is 16.6. The lowest BCUT2D eigenvalue weighted by molar-refractivity contribution is -0.384. The van der Waals surface area contributed by atoms with Crippen LogP contribution in [-0.4, -0.2) is 60.4 Å². The van der Waals surface area contributed by atoms with Crippen LogP contribution in [0.4, 0.5) is 11.4 Å². The monoisotopic (exact) mass is 347 g/mol. The van der Waals surface area contributed by atoms with Crippen LogP contribution in [-0.2, 0) is 9.53 Å². The number of piperazine rings is 1. The van der Waals surface area contributed by atoms with Gasteiger partial charge in [-0.15, -0.1) is 0 Å². The normalized spacial score (nSPS) is 20.6. The third kappa shape index (κ3) is 3.63. The summed E-state index contributed by atoms with van der Waals surface area (Å²) in [7, 11) is 0. The van der Waals surface area contributed by atoms with Crippen LogP contribution in [0.1, 0.15) is 30.1 Å². The summed E-state index contributed by atoms with van der Waals surface area (Å²) in [4.78, 5) is 38.4. The van der Waals surface area contributed by atoms with Crippen LogP contribution in [0.2, 0.25) is 0 Å². The van der Waals surface area contributed by atoms with Crippen molar-refractivity contribution >= 4 is 23.1 Å². The molecular weight excluding hydrogens is 326 g/mol. The minimum atomic E-state index is -0.467. The number of nitro groups is 1. The topological polar surface area (TPSA) is 93.0 Å². The van der Waals surface area contributed by atoms with Crippen LogP contribution in [0.15, 0.2) is 18.2 Å². The molecule has 0 bridgehead atoms. The number of nitro benzene ring substituents is 1. The molecule has 1 aromatic carbocycles. The molecule has 0 radical (unpaired) electrons. The zero-order chi connectivity index (χ0) is 18.0. The second kappa shape index (κ2) is 7.18. The van der Waals surface area contributed by atoms with E-state index in [9.17, 15) is 19.7 Å². The number of carbonyl (C=O) groups is 2. The molecule has 0 spiro atoms. The van der Waals surface area contributed by atoms with Gasteiger partial charge in [-0.2, -0.15) is 0 Å². The van der Waals surface area contributed by atoms with Crippen molar-refractivity contribution in [3.8, 4) is 0 Å². The Balaban J connectivity index is 1.71. The fourth-order valence-corrected chi connectivity index (χ4v) is 3.30. The van der Waals surface area contributed by atoms with Gasteiger partial charge in [0.15, 0.2) is 5.78 Å². The number of benzene rings is 1. The number of Topliss-reactive ketones (excluding diaryl/α,β-unsaturated/α-hetero) is 1. The largest absolute Gasteiger partial charge is 0.368 e. The van der Waals surface area contributed by atoms with E-state index in [0.717, 1.165) is 12.8 Å². The van der Waals surface area contributed by atoms with Crippen molar-refractivity contribution in [3.63, 3.8) is 0 Å². The fraction of sp³-hybridized carbons (Fsp3) is 0.529. The number of anilines is 1. The maximum Gasteiger partial charge on any atom is 0.293 e. The van der Waals surface area contributed by atoms with E-state index in [2.05, 4.69) is 0 Å². The minimum Gasteiger partial charge on any atom is -0.368 e. The van der Waals surface area contributed by atoms with Gasteiger partial charge in [0.1, 0.15) is 11.8 Å². The first-order valence-electron chi connectivity index (χ1n) is 8.42. The van der Waals surface area contributed by atoms with Gasteiger partial charge in [-0.25, -0.2) is 0 Å². The second-order valence-electron chi connectivity index (χ2n) is 6.33. The van der Waals surface area contributed by atoms with Crippen molar-refractivity contribution in [1.82, 2.24) is 4.90 Å². The molecule has 0 aromatic heterocycles. The van der Waals surface area contributed by atoms with Crippen LogP contribution < -0.4 is 4.90 Å². The highest BCUT2D eigenvalue weighted by Crippen LogP contribution is 2.30. The molecule has 2 aliphatic heterocycles. The molecule has 2 heterocycles. The third-order valence-electron chi connectivity index (χ3n) is 4.72. The zero-order valence-corrected chi connectivity index (χ0v) is 14.1. The molecule has 25 heavy (non-hydrogen) atoms. The maximum absolute atomic E-state index is 12.4. The van der Waals surface area contributed by atoms with Gasteiger partial charge in [-0.05, 0) is 31.9 Å². The molecule has 2 fully saturated rings. The van der Waals surface area contributed by atoms with Gasteiger partial charge in [-0.1, -0.05) is 0 Å². The Morgan fingerprint density at radius 3 is 2.52 bits per heavy atom. The predicted molar refractivity (Wildman–Crippen MR) is 90.9 cm³/mol. The van der Waals surface area contributed by atoms with Gasteiger partial charge in [-0.3, -0.25) is 19.7 Å². The Labute approximate surface area is 145 Å². The standard InChI is InChI=1S/C17H21N3O5/c1-12(21)13-4-5-14(15(11-13)20(23)24)18-6-8-19(9-7-18)17(22)16-3-2-10-25-16/h4-5,11,16H,2-3,6-10H2,1H3/t16-/m0/s1. The van der Waals surface area contributed by atoms with Gasteiger partial charge in [0.2, 0.25) is 0 Å². The molecule has 0 saturated carbocycles. The molecule has 0 aliphatic carbocycles. The molecular formula is C17H21N3O5. The summed E-state index contributed by atoms with van der Waals surface area (Å²) in [5.74, 6) is -0.194. The van der Waals surface area contributed by atoms with Crippen molar-refractivity contribution in [3.05, 3.63) is 33.9 Å². The second-order valence-corrected chi connectivity index (χ2v) is 6.33. The number of carbonyl (C=O) groups excluding carboxylic acids is 2. The molecule has 1 aromatic rings. The number of hydrogen-bond donors (Lipinski definition) is 0. The zero-order valence-electron chi connectivity index (χ0n) is 14.1. The van der Waals surface area contributed by atoms with E-state index in [-0.39, 0.29) is 23.5 Å².